The summed E-state index contributed by atoms with van der Waals surface area (Å²) in [4.78, 5) is 0. The van der Waals surface area contributed by atoms with Crippen LogP contribution in [0.25, 0.3) is 0 Å². The lowest BCUT2D eigenvalue weighted by atomic mass is 10.3. The molecule has 2 unspecified atom stereocenters. The topological polar surface area (TPSA) is 18.5 Å². The van der Waals surface area contributed by atoms with Crippen molar-refractivity contribution in [2.75, 3.05) is 14.2 Å². The van der Waals surface area contributed by atoms with Crippen LogP contribution in [0.5, 0.6) is 0 Å². The zero-order chi connectivity index (χ0) is 6.57. The zero-order valence-corrected chi connectivity index (χ0v) is 5.68. The van der Waals surface area contributed by atoms with Crippen LogP contribution >= 0.6 is 0 Å². The molecule has 0 saturated heterocycles. The van der Waals surface area contributed by atoms with E-state index in [1.165, 1.54) is 0 Å². The van der Waals surface area contributed by atoms with Crippen LogP contribution in [0.1, 0.15) is 6.92 Å². The molecule has 2 heteroatoms. The van der Waals surface area contributed by atoms with E-state index in [1.54, 1.807) is 14.2 Å². The van der Waals surface area contributed by atoms with E-state index in [1.807, 2.05) is 6.92 Å². The van der Waals surface area contributed by atoms with Crippen LogP contribution in [0.15, 0.2) is 0 Å². The van der Waals surface area contributed by atoms with Gasteiger partial charge in [-0.2, -0.15) is 0 Å². The zero-order valence-electron chi connectivity index (χ0n) is 5.68. The highest BCUT2D eigenvalue weighted by atomic mass is 16.5. The second-order valence-electron chi connectivity index (χ2n) is 1.71. The number of ether oxygens (including phenoxy) is 2. The third kappa shape index (κ3) is 2.19. The van der Waals surface area contributed by atoms with E-state index in [-0.39, 0.29) is 12.2 Å². The Morgan fingerprint density at radius 3 is 1.88 bits per heavy atom. The molecule has 0 saturated carbocycles. The van der Waals surface area contributed by atoms with Crippen LogP contribution in [0, 0.1) is 6.92 Å². The number of methoxy groups -OCH3 is 2. The Morgan fingerprint density at radius 2 is 1.75 bits per heavy atom. The van der Waals surface area contributed by atoms with Crippen molar-refractivity contribution in [3.63, 3.8) is 0 Å². The van der Waals surface area contributed by atoms with Crippen molar-refractivity contribution in [3.05, 3.63) is 6.92 Å². The Labute approximate surface area is 50.8 Å². The molecule has 2 nitrogen and oxygen atoms in total. The van der Waals surface area contributed by atoms with Gasteiger partial charge in [-0.3, -0.25) is 0 Å². The number of hydrogen-bond acceptors (Lipinski definition) is 2. The van der Waals surface area contributed by atoms with Gasteiger partial charge in [0, 0.05) is 14.2 Å². The maximum absolute atomic E-state index is 4.92. The van der Waals surface area contributed by atoms with Gasteiger partial charge in [0.05, 0.1) is 6.92 Å². The minimum atomic E-state index is -0.0556. The Morgan fingerprint density at radius 1 is 1.25 bits per heavy atom. The first-order chi connectivity index (χ1) is 3.72. The van der Waals surface area contributed by atoms with Crippen molar-refractivity contribution < 1.29 is 9.47 Å². The molecule has 0 fully saturated rings. The van der Waals surface area contributed by atoms with E-state index < -0.39 is 0 Å². The SMILES string of the molecule is [CH2+]C(OC)C(C)OC. The van der Waals surface area contributed by atoms with E-state index >= 15 is 0 Å². The van der Waals surface area contributed by atoms with Gasteiger partial charge in [-0.15, -0.1) is 0 Å². The molecule has 0 aromatic heterocycles. The van der Waals surface area contributed by atoms with Crippen molar-refractivity contribution in [1.29, 1.82) is 0 Å². The fraction of sp³-hybridized carbons (Fsp3) is 0.833. The quantitative estimate of drug-likeness (QED) is 0.511. The Balaban J connectivity index is 3.29. The van der Waals surface area contributed by atoms with E-state index in [0.29, 0.717) is 0 Å². The van der Waals surface area contributed by atoms with Crippen molar-refractivity contribution >= 4 is 0 Å². The van der Waals surface area contributed by atoms with Gasteiger partial charge in [0.2, 0.25) is 6.10 Å². The minimum absolute atomic E-state index is 0.0556. The van der Waals surface area contributed by atoms with Crippen LogP contribution < -0.4 is 0 Å². The van der Waals surface area contributed by atoms with Crippen LogP contribution in [0.2, 0.25) is 0 Å². The molecular formula is C6H13O2+. The van der Waals surface area contributed by atoms with E-state index in [0.717, 1.165) is 0 Å². The molecule has 8 heavy (non-hydrogen) atoms. The van der Waals surface area contributed by atoms with Crippen LogP contribution in [0.3, 0.4) is 0 Å². The maximum atomic E-state index is 4.92. The second-order valence-corrected chi connectivity index (χ2v) is 1.71. The third-order valence-electron chi connectivity index (χ3n) is 1.20. The monoisotopic (exact) mass is 117 g/mol. The largest absolute Gasteiger partial charge is 0.374 e. The second kappa shape index (κ2) is 3.75. The van der Waals surface area contributed by atoms with E-state index in [4.69, 9.17) is 9.47 Å². The van der Waals surface area contributed by atoms with Crippen LogP contribution in [-0.2, 0) is 9.47 Å². The summed E-state index contributed by atoms with van der Waals surface area (Å²) in [5, 5.41) is 0. The van der Waals surface area contributed by atoms with Crippen molar-refractivity contribution in [1.82, 2.24) is 0 Å². The molecule has 0 aliphatic heterocycles. The summed E-state index contributed by atoms with van der Waals surface area (Å²) in [5.74, 6) is 0. The lowest BCUT2D eigenvalue weighted by Gasteiger charge is -2.09. The molecule has 48 valence electrons. The summed E-state index contributed by atoms with van der Waals surface area (Å²) in [5.41, 5.74) is 0. The summed E-state index contributed by atoms with van der Waals surface area (Å²) in [6.07, 6.45) is 0.0278. The first-order valence-corrected chi connectivity index (χ1v) is 2.61. The highest BCUT2D eigenvalue weighted by Crippen LogP contribution is 1.97. The first kappa shape index (κ1) is 7.79. The van der Waals surface area contributed by atoms with Crippen molar-refractivity contribution in [2.45, 2.75) is 19.1 Å². The van der Waals surface area contributed by atoms with Crippen LogP contribution in [0.4, 0.5) is 0 Å². The molecule has 0 rings (SSSR count). The molecule has 0 bridgehead atoms. The Kier molecular flexibility index (Phi) is 3.65. The Bertz CT molecular complexity index is 46.5. The fourth-order valence-electron chi connectivity index (χ4n) is 0.343. The Hall–Kier alpha value is -0.210. The van der Waals surface area contributed by atoms with Crippen LogP contribution in [-0.4, -0.2) is 26.4 Å². The highest BCUT2D eigenvalue weighted by molar-refractivity contribution is 4.66. The highest BCUT2D eigenvalue weighted by Gasteiger charge is 2.15. The van der Waals surface area contributed by atoms with Gasteiger partial charge in [-0.1, -0.05) is 0 Å². The average Bonchev–Trinajstić information content (AvgIpc) is 1.84. The minimum Gasteiger partial charge on any atom is -0.374 e. The maximum Gasteiger partial charge on any atom is 0.220 e. The van der Waals surface area contributed by atoms with Gasteiger partial charge in [-0.05, 0) is 6.92 Å². The van der Waals surface area contributed by atoms with E-state index in [2.05, 4.69) is 6.92 Å². The molecular weight excluding hydrogens is 104 g/mol. The van der Waals surface area contributed by atoms with Gasteiger partial charge in [-0.25, -0.2) is 0 Å². The normalized spacial score (nSPS) is 17.9. The molecule has 0 amide bonds. The fourth-order valence-corrected chi connectivity index (χ4v) is 0.343. The van der Waals surface area contributed by atoms with Crippen molar-refractivity contribution in [3.8, 4) is 0 Å². The summed E-state index contributed by atoms with van der Waals surface area (Å²) in [6, 6.07) is 0. The number of rotatable bonds is 3. The summed E-state index contributed by atoms with van der Waals surface area (Å²) < 4.78 is 9.78. The predicted octanol–water partition coefficient (Wildman–Crippen LogP) is 0.870. The van der Waals surface area contributed by atoms with Crippen molar-refractivity contribution in [2.24, 2.45) is 0 Å². The van der Waals surface area contributed by atoms with Gasteiger partial charge in [0.25, 0.3) is 0 Å². The smallest absolute Gasteiger partial charge is 0.220 e. The molecule has 0 aliphatic rings. The lowest BCUT2D eigenvalue weighted by molar-refractivity contribution is -0.00210. The summed E-state index contributed by atoms with van der Waals surface area (Å²) in [7, 11) is 3.26. The lowest BCUT2D eigenvalue weighted by Crippen LogP contribution is -2.23. The standard InChI is InChI=1S/C6H13O2/c1-5(7-3)6(2)8-4/h5-6H,1H2,2-4H3/q+1. The summed E-state index contributed by atoms with van der Waals surface area (Å²) in [6.45, 7) is 5.60. The molecule has 0 heterocycles. The molecule has 0 aromatic rings. The molecule has 0 radical (unpaired) electrons. The summed E-state index contributed by atoms with van der Waals surface area (Å²) >= 11 is 0. The average molecular weight is 117 g/mol. The molecule has 0 N–H and O–H groups in total. The van der Waals surface area contributed by atoms with Gasteiger partial charge in [0.15, 0.2) is 0 Å². The number of hydrogen-bond donors (Lipinski definition) is 0. The van der Waals surface area contributed by atoms with Gasteiger partial charge in [0.1, 0.15) is 6.10 Å². The van der Waals surface area contributed by atoms with Gasteiger partial charge < -0.3 is 9.47 Å². The molecule has 0 spiro atoms. The first-order valence-electron chi connectivity index (χ1n) is 2.61. The predicted molar refractivity (Wildman–Crippen MR) is 32.6 cm³/mol. The molecule has 0 aliphatic carbocycles. The van der Waals surface area contributed by atoms with Gasteiger partial charge >= 0.3 is 0 Å². The van der Waals surface area contributed by atoms with E-state index in [9.17, 15) is 0 Å². The third-order valence-corrected chi connectivity index (χ3v) is 1.20. The molecule has 2 atom stereocenters. The molecule has 0 aromatic carbocycles.